The van der Waals surface area contributed by atoms with Crippen LogP contribution >= 0.6 is 15.6 Å². The summed E-state index contributed by atoms with van der Waals surface area (Å²) in [7, 11) is -10.1. The second kappa shape index (κ2) is 17.7. The van der Waals surface area contributed by atoms with Crippen molar-refractivity contribution in [2.45, 2.75) is 89.2 Å². The number of anilines is 2. The number of carbonyl (C=O) groups is 2. The second-order valence-corrected chi connectivity index (χ2v) is 17.2. The van der Waals surface area contributed by atoms with Crippen LogP contribution < -0.4 is 11.5 Å². The summed E-state index contributed by atoms with van der Waals surface area (Å²) in [5, 5.41) is 0. The number of imidazole rings is 2. The van der Waals surface area contributed by atoms with E-state index in [0.717, 1.165) is 23.5 Å². The Morgan fingerprint density at radius 2 is 1.28 bits per heavy atom. The van der Waals surface area contributed by atoms with Gasteiger partial charge in [0.25, 0.3) is 0 Å². The van der Waals surface area contributed by atoms with Crippen molar-refractivity contribution in [1.82, 2.24) is 39.0 Å². The van der Waals surface area contributed by atoms with Crippen molar-refractivity contribution in [1.29, 1.82) is 0 Å². The lowest BCUT2D eigenvalue weighted by Crippen LogP contribution is -2.36. The monoisotopic (exact) mass is 892 g/mol. The van der Waals surface area contributed by atoms with Crippen molar-refractivity contribution in [3.63, 3.8) is 0 Å². The van der Waals surface area contributed by atoms with Crippen molar-refractivity contribution < 1.29 is 78.3 Å². The highest BCUT2D eigenvalue weighted by Crippen LogP contribution is 2.59. The number of rotatable bonds is 10. The van der Waals surface area contributed by atoms with E-state index in [2.05, 4.69) is 29.9 Å². The number of hydrogen-bond acceptors (Lipinski definition) is 23. The third-order valence-electron chi connectivity index (χ3n) is 9.15. The lowest BCUT2D eigenvalue weighted by atomic mass is 10.1. The average Bonchev–Trinajstić information content (AvgIpc) is 3.94. The van der Waals surface area contributed by atoms with E-state index in [1.165, 1.54) is 10.9 Å². The number of carbonyl (C=O) groups excluding carboxylic acids is 2. The summed E-state index contributed by atoms with van der Waals surface area (Å²) in [6, 6.07) is -1.18. The Morgan fingerprint density at radius 3 is 1.85 bits per heavy atom. The Balaban J connectivity index is 1.23. The molecule has 1 saturated carbocycles. The molecule has 2 saturated heterocycles. The minimum atomic E-state index is -5.07. The quantitative estimate of drug-likeness (QED) is 0.129. The molecule has 10 atom stereocenters. The molecule has 4 unspecified atom stereocenters. The highest BCUT2D eigenvalue weighted by Gasteiger charge is 2.55. The fourth-order valence-corrected chi connectivity index (χ4v) is 9.15. The zero-order valence-electron chi connectivity index (χ0n) is 32.1. The Kier molecular flexibility index (Phi) is 12.8. The van der Waals surface area contributed by atoms with Gasteiger partial charge in [0, 0.05) is 5.92 Å². The fourth-order valence-electron chi connectivity index (χ4n) is 6.55. The predicted octanol–water partition coefficient (Wildman–Crippen LogP) is 4.07. The van der Waals surface area contributed by atoms with Crippen LogP contribution in [0, 0.1) is 5.92 Å². The van der Waals surface area contributed by atoms with Crippen LogP contribution in [0.2, 0.25) is 0 Å². The number of ether oxygens (including phenoxy) is 5. The molecule has 0 spiro atoms. The molecule has 3 fully saturated rings. The van der Waals surface area contributed by atoms with Crippen LogP contribution in [0.5, 0.6) is 0 Å². The topological polar surface area (TPSA) is 309 Å². The molecule has 0 aromatic carbocycles. The first-order valence-corrected chi connectivity index (χ1v) is 21.1. The summed E-state index contributed by atoms with van der Waals surface area (Å²) in [5.74, 6) is -1.23. The molecule has 7 rings (SSSR count). The molecule has 29 heteroatoms. The molecule has 0 radical (unpaired) electrons. The lowest BCUT2D eigenvalue weighted by molar-refractivity contribution is -0.0735. The van der Waals surface area contributed by atoms with Crippen molar-refractivity contribution in [3.8, 4) is 0 Å². The predicted molar refractivity (Wildman–Crippen MR) is 194 cm³/mol. The average molecular weight is 893 g/mol. The molecule has 2 aliphatic heterocycles. The largest absolute Gasteiger partial charge is 0.510 e. The second-order valence-electron chi connectivity index (χ2n) is 13.9. The summed E-state index contributed by atoms with van der Waals surface area (Å²) in [6.07, 6.45) is -10.6. The van der Waals surface area contributed by atoms with Gasteiger partial charge < -0.3 is 39.7 Å². The number of alkyl halides is 2. The number of phosphoric acid groups is 2. The number of phosphoric ester groups is 2. The van der Waals surface area contributed by atoms with Crippen LogP contribution in [0.4, 0.5) is 30.0 Å². The van der Waals surface area contributed by atoms with Gasteiger partial charge in [-0.25, -0.2) is 66.5 Å². The smallest absolute Gasteiger partial charge is 0.432 e. The SMILES string of the molecule is CC(C)OC(=O)OCOP1(=O)OC[C@H]2C[C@@H](n3cnc4c(N)ncnc43)C(F)[C@H]2OP(=O)(OCOC(=O)OC(C)C)OC[C@H]2O[C@@H](n3cnc4c(N)ncnc43)[C@@H](F)C2O1. The zero-order chi connectivity index (χ0) is 42.9. The summed E-state index contributed by atoms with van der Waals surface area (Å²) >= 11 is 0. The highest BCUT2D eigenvalue weighted by molar-refractivity contribution is 7.48. The van der Waals surface area contributed by atoms with Gasteiger partial charge in [-0.15, -0.1) is 0 Å². The van der Waals surface area contributed by atoms with Gasteiger partial charge in [0.2, 0.25) is 13.6 Å². The van der Waals surface area contributed by atoms with E-state index < -0.39 is 116 Å². The maximum atomic E-state index is 16.9. The van der Waals surface area contributed by atoms with Gasteiger partial charge in [-0.05, 0) is 34.1 Å². The van der Waals surface area contributed by atoms with Crippen LogP contribution in [-0.2, 0) is 60.0 Å². The molecular formula is C31H40F2N10O15P2. The minimum absolute atomic E-state index is 0.00931. The van der Waals surface area contributed by atoms with E-state index in [1.54, 1.807) is 27.7 Å². The third kappa shape index (κ3) is 9.28. The van der Waals surface area contributed by atoms with Crippen LogP contribution in [0.1, 0.15) is 46.4 Å². The summed E-state index contributed by atoms with van der Waals surface area (Å²) in [6.45, 7) is 2.34. The van der Waals surface area contributed by atoms with Gasteiger partial charge >= 0.3 is 28.0 Å². The molecule has 0 amide bonds. The van der Waals surface area contributed by atoms with Gasteiger partial charge in [0.15, 0.2) is 35.3 Å². The minimum Gasteiger partial charge on any atom is -0.432 e. The van der Waals surface area contributed by atoms with Crippen LogP contribution in [0.25, 0.3) is 22.3 Å². The number of nitrogen functional groups attached to an aromatic ring is 2. The third-order valence-corrected chi connectivity index (χ3v) is 11.9. The lowest BCUT2D eigenvalue weighted by Gasteiger charge is -2.30. The Labute approximate surface area is 337 Å². The number of halogens is 2. The maximum Gasteiger partial charge on any atom is 0.510 e. The van der Waals surface area contributed by atoms with Crippen molar-refractivity contribution in [2.75, 3.05) is 38.3 Å². The first-order chi connectivity index (χ1) is 28.5. The van der Waals surface area contributed by atoms with Gasteiger partial charge in [-0.2, -0.15) is 0 Å². The van der Waals surface area contributed by atoms with Gasteiger partial charge in [0.1, 0.15) is 48.2 Å². The van der Waals surface area contributed by atoms with E-state index in [0.29, 0.717) is 0 Å². The first kappa shape index (κ1) is 43.4. The summed E-state index contributed by atoms with van der Waals surface area (Å²) < 4.78 is 124. The van der Waals surface area contributed by atoms with Crippen molar-refractivity contribution >= 4 is 61.9 Å². The molecule has 4 aromatic rings. The first-order valence-electron chi connectivity index (χ1n) is 18.2. The molecule has 328 valence electrons. The standard InChI is InChI=1S/C31H40F2N10O15P2/c1-14(2)54-30(44)48-12-52-59(46)50-6-16-5-17(42-10-40-21-25(34)36-8-38-27(21)42)19(32)23(16)57-60(47,53-13-49-31(45)55-15(3)4)51-7-18-24(58-59)20(33)29(56-18)43-11-41-22-26(35)37-9-39-28(22)43/h8-11,14-20,23-24,29H,5-7,12-13H2,1-4H3,(H2,34,36,38)(H2,35,37,39)/t16-,17-,18-,19?,20+,23+,24?,29-,59?,60?/m1/s1. The molecule has 25 nitrogen and oxygen atoms in total. The number of hydrogen-bond donors (Lipinski definition) is 2. The van der Waals surface area contributed by atoms with E-state index in [4.69, 9.17) is 62.3 Å². The van der Waals surface area contributed by atoms with E-state index in [9.17, 15) is 18.7 Å². The number of aromatic nitrogens is 8. The molecule has 4 N–H and O–H groups in total. The Morgan fingerprint density at radius 1 is 0.767 bits per heavy atom. The molecule has 60 heavy (non-hydrogen) atoms. The van der Waals surface area contributed by atoms with Gasteiger partial charge in [-0.3, -0.25) is 22.7 Å². The van der Waals surface area contributed by atoms with Crippen LogP contribution in [0.3, 0.4) is 0 Å². The zero-order valence-corrected chi connectivity index (χ0v) is 33.9. The van der Waals surface area contributed by atoms with Crippen molar-refractivity contribution in [2.24, 2.45) is 5.92 Å². The van der Waals surface area contributed by atoms with Crippen LogP contribution in [-0.4, -0.2) is 121 Å². The Bertz CT molecular complexity index is 2130. The molecular weight excluding hydrogens is 852 g/mol. The maximum absolute atomic E-state index is 16.9. The van der Waals surface area contributed by atoms with Crippen LogP contribution in [0.15, 0.2) is 25.3 Å². The number of fused-ring (bicyclic) bond motifs is 4. The normalized spacial score (nSPS) is 31.1. The number of nitrogens with two attached hydrogens (primary N) is 2. The molecule has 1 aliphatic carbocycles. The highest BCUT2D eigenvalue weighted by atomic mass is 31.2. The van der Waals surface area contributed by atoms with E-state index in [1.807, 2.05) is 0 Å². The van der Waals surface area contributed by atoms with Crippen molar-refractivity contribution in [3.05, 3.63) is 25.3 Å². The van der Waals surface area contributed by atoms with Gasteiger partial charge in [0.05, 0.1) is 44.1 Å². The fraction of sp³-hybridized carbons (Fsp3) is 0.613. The van der Waals surface area contributed by atoms with E-state index in [-0.39, 0.29) is 40.4 Å². The molecule has 0 bridgehead atoms. The number of nitrogens with zero attached hydrogens (tertiary/aromatic N) is 8. The summed E-state index contributed by atoms with van der Waals surface area (Å²) in [5.41, 5.74) is 12.3. The molecule has 3 aliphatic rings. The molecule has 6 heterocycles. The Hall–Kier alpha value is -4.72. The van der Waals surface area contributed by atoms with Gasteiger partial charge in [-0.1, -0.05) is 0 Å². The molecule has 4 aromatic heterocycles. The van der Waals surface area contributed by atoms with E-state index >= 15 is 8.78 Å². The summed E-state index contributed by atoms with van der Waals surface area (Å²) in [4.78, 5) is 48.6.